The van der Waals surface area contributed by atoms with E-state index in [2.05, 4.69) is 27.3 Å². The fourth-order valence-corrected chi connectivity index (χ4v) is 3.14. The lowest BCUT2D eigenvalue weighted by molar-refractivity contribution is -0.132. The van der Waals surface area contributed by atoms with Gasteiger partial charge in [-0.1, -0.05) is 12.1 Å². The minimum Gasteiger partial charge on any atom is -0.386 e. The second-order valence-corrected chi connectivity index (χ2v) is 6.24. The summed E-state index contributed by atoms with van der Waals surface area (Å²) in [5.41, 5.74) is 1.72. The zero-order valence-electron chi connectivity index (χ0n) is 14.7. The average Bonchev–Trinajstić information content (AvgIpc) is 2.99. The smallest absolute Gasteiger partial charge is 0.269 e. The summed E-state index contributed by atoms with van der Waals surface area (Å²) in [4.78, 5) is 33.6. The van der Waals surface area contributed by atoms with Crippen LogP contribution in [0.4, 0.5) is 14.5 Å². The monoisotopic (exact) mass is 375 g/mol. The number of pyridine rings is 1. The van der Waals surface area contributed by atoms with Gasteiger partial charge in [0, 0.05) is 18.6 Å². The Bertz CT molecular complexity index is 902. The highest BCUT2D eigenvalue weighted by molar-refractivity contribution is 6.09. The van der Waals surface area contributed by atoms with Crippen LogP contribution in [0.1, 0.15) is 16.8 Å². The van der Waals surface area contributed by atoms with Crippen LogP contribution in [0.3, 0.4) is 0 Å². The molecule has 1 aromatic heterocycles. The summed E-state index contributed by atoms with van der Waals surface area (Å²) in [7, 11) is 1.75. The van der Waals surface area contributed by atoms with Gasteiger partial charge in [0.05, 0.1) is 36.3 Å². The van der Waals surface area contributed by atoms with Gasteiger partial charge in [-0.3, -0.25) is 19.6 Å². The molecule has 2 N–H and O–H groups in total. The Morgan fingerprint density at radius 3 is 2.89 bits per heavy atom. The molecule has 1 aliphatic rings. The molecule has 1 aliphatic heterocycles. The Morgan fingerprint density at radius 2 is 2.19 bits per heavy atom. The maximum atomic E-state index is 13.5. The molecule has 0 aliphatic carbocycles. The number of likely N-dealkylation sites (tertiary alicyclic amines) is 1. The molecule has 0 radical (unpaired) electrons. The number of halogens is 2. The first-order valence-electron chi connectivity index (χ1n) is 8.33. The lowest BCUT2D eigenvalue weighted by Gasteiger charge is -2.20. The van der Waals surface area contributed by atoms with Crippen LogP contribution in [0.25, 0.3) is 10.9 Å². The van der Waals surface area contributed by atoms with Gasteiger partial charge >= 0.3 is 0 Å². The van der Waals surface area contributed by atoms with Gasteiger partial charge in [-0.2, -0.15) is 0 Å². The second-order valence-electron chi connectivity index (χ2n) is 6.24. The van der Waals surface area contributed by atoms with Crippen molar-refractivity contribution in [3.63, 3.8) is 0 Å². The number of para-hydroxylation sites is 1. The molecule has 1 saturated heterocycles. The minimum absolute atomic E-state index is 0.343. The summed E-state index contributed by atoms with van der Waals surface area (Å²) in [6, 6.07) is 6.90. The van der Waals surface area contributed by atoms with Crippen molar-refractivity contribution >= 4 is 35.1 Å². The Kier molecular flexibility index (Phi) is 5.02. The highest BCUT2D eigenvalue weighted by Crippen LogP contribution is 2.32. The average molecular weight is 375 g/mol. The first kappa shape index (κ1) is 18.7. The third-order valence-corrected chi connectivity index (χ3v) is 4.46. The van der Waals surface area contributed by atoms with Gasteiger partial charge < -0.3 is 15.5 Å². The first-order valence-corrected chi connectivity index (χ1v) is 8.33. The summed E-state index contributed by atoms with van der Waals surface area (Å²) < 4.78 is 27.0. The number of carbonyl (C=O) groups is 2. The minimum atomic E-state index is -3.00. The van der Waals surface area contributed by atoms with Crippen molar-refractivity contribution in [1.29, 1.82) is 0 Å². The van der Waals surface area contributed by atoms with E-state index in [1.807, 2.05) is 6.07 Å². The van der Waals surface area contributed by atoms with Crippen molar-refractivity contribution < 1.29 is 18.4 Å². The first-order chi connectivity index (χ1) is 12.9. The van der Waals surface area contributed by atoms with E-state index < -0.39 is 43.4 Å². The molecule has 9 heteroatoms. The van der Waals surface area contributed by atoms with Crippen LogP contribution in [0.5, 0.6) is 0 Å². The van der Waals surface area contributed by atoms with E-state index in [1.165, 1.54) is 6.20 Å². The van der Waals surface area contributed by atoms with Gasteiger partial charge in [0.2, 0.25) is 5.91 Å². The standard InChI is InChI=1S/C18H19F2N5O2/c1-21-13-5-3-4-11-12(6-7-23-16(11)13)17(27)24-9-15(26)25-10-18(19,20)8-14(25)22-2/h3-7,14,21H,2,8-10H2,1H3,(H,24,27)/t14-/m0/s1. The normalized spacial score (nSPS) is 18.3. The van der Waals surface area contributed by atoms with Gasteiger partial charge in [0.25, 0.3) is 11.8 Å². The fourth-order valence-electron chi connectivity index (χ4n) is 3.14. The number of anilines is 1. The van der Waals surface area contributed by atoms with Crippen molar-refractivity contribution in [2.24, 2.45) is 4.99 Å². The zero-order chi connectivity index (χ0) is 19.6. The Labute approximate surface area is 154 Å². The number of nitrogens with one attached hydrogen (secondary N) is 2. The zero-order valence-corrected chi connectivity index (χ0v) is 14.7. The largest absolute Gasteiger partial charge is 0.386 e. The highest BCUT2D eigenvalue weighted by Gasteiger charge is 2.46. The third-order valence-electron chi connectivity index (χ3n) is 4.46. The van der Waals surface area contributed by atoms with Gasteiger partial charge in [-0.25, -0.2) is 8.78 Å². The van der Waals surface area contributed by atoms with Crippen molar-refractivity contribution in [3.8, 4) is 0 Å². The fraction of sp³-hybridized carbons (Fsp3) is 0.333. The summed E-state index contributed by atoms with van der Waals surface area (Å²) in [5, 5.41) is 6.11. The quantitative estimate of drug-likeness (QED) is 0.782. The number of amides is 2. The van der Waals surface area contributed by atoms with E-state index in [4.69, 9.17) is 0 Å². The number of aliphatic imine (C=N–C) groups is 1. The van der Waals surface area contributed by atoms with E-state index >= 15 is 0 Å². The van der Waals surface area contributed by atoms with Crippen LogP contribution in [0.2, 0.25) is 0 Å². The molecule has 2 aromatic rings. The van der Waals surface area contributed by atoms with Crippen LogP contribution >= 0.6 is 0 Å². The molecule has 3 rings (SSSR count). The van der Waals surface area contributed by atoms with Crippen LogP contribution in [-0.2, 0) is 4.79 Å². The molecule has 142 valence electrons. The molecular formula is C18H19F2N5O2. The lowest BCUT2D eigenvalue weighted by atomic mass is 10.1. The van der Waals surface area contributed by atoms with E-state index in [1.54, 1.807) is 25.2 Å². The molecular weight excluding hydrogens is 356 g/mol. The number of hydrogen-bond acceptors (Lipinski definition) is 5. The van der Waals surface area contributed by atoms with Crippen LogP contribution in [-0.4, -0.2) is 60.6 Å². The number of nitrogens with zero attached hydrogens (tertiary/aromatic N) is 3. The molecule has 1 aromatic carbocycles. The molecule has 0 spiro atoms. The van der Waals surface area contributed by atoms with Gasteiger partial charge in [-0.15, -0.1) is 0 Å². The number of alkyl halides is 2. The molecule has 7 nitrogen and oxygen atoms in total. The second kappa shape index (κ2) is 7.26. The predicted molar refractivity (Wildman–Crippen MR) is 98.2 cm³/mol. The van der Waals surface area contributed by atoms with Crippen molar-refractivity contribution in [2.75, 3.05) is 25.5 Å². The molecule has 1 atom stereocenters. The number of aromatic nitrogens is 1. The summed E-state index contributed by atoms with van der Waals surface area (Å²) in [6.07, 6.45) is -0.0410. The van der Waals surface area contributed by atoms with E-state index in [0.29, 0.717) is 16.5 Å². The number of carbonyl (C=O) groups excluding carboxylic acids is 2. The topological polar surface area (TPSA) is 86.7 Å². The molecule has 0 unspecified atom stereocenters. The van der Waals surface area contributed by atoms with E-state index in [9.17, 15) is 18.4 Å². The van der Waals surface area contributed by atoms with Crippen molar-refractivity contribution in [3.05, 3.63) is 36.0 Å². The van der Waals surface area contributed by atoms with Gasteiger partial charge in [-0.05, 0) is 18.9 Å². The molecule has 0 bridgehead atoms. The van der Waals surface area contributed by atoms with E-state index in [0.717, 1.165) is 10.6 Å². The molecule has 1 fully saturated rings. The summed E-state index contributed by atoms with van der Waals surface area (Å²) >= 11 is 0. The van der Waals surface area contributed by atoms with Crippen molar-refractivity contribution in [2.45, 2.75) is 18.5 Å². The van der Waals surface area contributed by atoms with E-state index in [-0.39, 0.29) is 0 Å². The molecule has 2 amide bonds. The number of rotatable bonds is 5. The highest BCUT2D eigenvalue weighted by atomic mass is 19.3. The SMILES string of the molecule is C=N[C@@H]1CC(F)(F)CN1C(=O)CNC(=O)c1ccnc2c(NC)cccc12. The Morgan fingerprint density at radius 1 is 1.41 bits per heavy atom. The predicted octanol–water partition coefficient (Wildman–Crippen LogP) is 1.90. The van der Waals surface area contributed by atoms with Crippen LogP contribution in [0, 0.1) is 0 Å². The molecule has 0 saturated carbocycles. The number of hydrogen-bond donors (Lipinski definition) is 2. The summed E-state index contributed by atoms with van der Waals surface area (Å²) in [5.74, 6) is -4.12. The van der Waals surface area contributed by atoms with Crippen LogP contribution < -0.4 is 10.6 Å². The third kappa shape index (κ3) is 3.71. The van der Waals surface area contributed by atoms with Crippen LogP contribution in [0.15, 0.2) is 35.5 Å². The van der Waals surface area contributed by atoms with Crippen molar-refractivity contribution in [1.82, 2.24) is 15.2 Å². The molecule has 2 heterocycles. The molecule has 27 heavy (non-hydrogen) atoms. The lowest BCUT2D eigenvalue weighted by Crippen LogP contribution is -2.42. The maximum absolute atomic E-state index is 13.5. The van der Waals surface area contributed by atoms with Gasteiger partial charge in [0.1, 0.15) is 6.17 Å². The summed E-state index contributed by atoms with van der Waals surface area (Å²) in [6.45, 7) is 2.12. The van der Waals surface area contributed by atoms with Gasteiger partial charge in [0.15, 0.2) is 0 Å². The number of fused-ring (bicyclic) bond motifs is 1. The number of benzene rings is 1. The Balaban J connectivity index is 1.74. The Hall–Kier alpha value is -3.10. The maximum Gasteiger partial charge on any atom is 0.269 e.